The van der Waals surface area contributed by atoms with Gasteiger partial charge in [0.25, 0.3) is 0 Å². The fraction of sp³-hybridized carbons (Fsp3) is 0.214. The Morgan fingerprint density at radius 3 is 2.94 bits per heavy atom. The van der Waals surface area contributed by atoms with Crippen LogP contribution in [-0.2, 0) is 4.79 Å². The SMILES string of the molecule is C#CCCOc1ccccc1/C=C/C(C)=O. The minimum absolute atomic E-state index is 0.0124. The zero-order valence-electron chi connectivity index (χ0n) is 9.27. The summed E-state index contributed by atoms with van der Waals surface area (Å²) in [5.41, 5.74) is 0.884. The van der Waals surface area contributed by atoms with E-state index in [4.69, 9.17) is 11.2 Å². The van der Waals surface area contributed by atoms with Gasteiger partial charge in [-0.3, -0.25) is 4.79 Å². The van der Waals surface area contributed by atoms with E-state index in [9.17, 15) is 4.79 Å². The van der Waals surface area contributed by atoms with Crippen molar-refractivity contribution in [3.8, 4) is 18.1 Å². The van der Waals surface area contributed by atoms with Gasteiger partial charge >= 0.3 is 0 Å². The van der Waals surface area contributed by atoms with Crippen molar-refractivity contribution in [2.45, 2.75) is 13.3 Å². The summed E-state index contributed by atoms with van der Waals surface area (Å²) in [6, 6.07) is 7.53. The number of rotatable bonds is 5. The van der Waals surface area contributed by atoms with E-state index >= 15 is 0 Å². The van der Waals surface area contributed by atoms with Gasteiger partial charge in [0.15, 0.2) is 5.78 Å². The highest BCUT2D eigenvalue weighted by molar-refractivity contribution is 5.91. The molecule has 0 aliphatic carbocycles. The maximum atomic E-state index is 10.8. The number of carbonyl (C=O) groups is 1. The van der Waals surface area contributed by atoms with Crippen LogP contribution in [0, 0.1) is 12.3 Å². The number of terminal acetylenes is 1. The highest BCUT2D eigenvalue weighted by atomic mass is 16.5. The summed E-state index contributed by atoms with van der Waals surface area (Å²) in [5.74, 6) is 3.27. The van der Waals surface area contributed by atoms with Crippen molar-refractivity contribution in [3.05, 3.63) is 35.9 Å². The number of para-hydroxylation sites is 1. The number of carbonyl (C=O) groups excluding carboxylic acids is 1. The van der Waals surface area contributed by atoms with Crippen molar-refractivity contribution >= 4 is 11.9 Å². The van der Waals surface area contributed by atoms with E-state index in [1.807, 2.05) is 24.3 Å². The number of hydrogen-bond acceptors (Lipinski definition) is 2. The quantitative estimate of drug-likeness (QED) is 0.428. The monoisotopic (exact) mass is 214 g/mol. The molecule has 0 saturated heterocycles. The normalized spacial score (nSPS) is 10.0. The Balaban J connectivity index is 2.76. The van der Waals surface area contributed by atoms with E-state index in [0.29, 0.717) is 13.0 Å². The molecule has 0 amide bonds. The van der Waals surface area contributed by atoms with Crippen molar-refractivity contribution < 1.29 is 9.53 Å². The van der Waals surface area contributed by atoms with Gasteiger partial charge in [-0.1, -0.05) is 18.2 Å². The third kappa shape index (κ3) is 4.02. The van der Waals surface area contributed by atoms with Crippen LogP contribution in [0.5, 0.6) is 5.75 Å². The fourth-order valence-electron chi connectivity index (χ4n) is 1.18. The molecule has 0 heterocycles. The summed E-state index contributed by atoms with van der Waals surface area (Å²) >= 11 is 0. The van der Waals surface area contributed by atoms with Crippen LogP contribution in [0.1, 0.15) is 18.9 Å². The molecule has 0 aromatic heterocycles. The Kier molecular flexibility index (Phi) is 4.88. The van der Waals surface area contributed by atoms with Gasteiger partial charge in [0.2, 0.25) is 0 Å². The van der Waals surface area contributed by atoms with Crippen LogP contribution >= 0.6 is 0 Å². The molecule has 0 radical (unpaired) electrons. The molecular formula is C14H14O2. The van der Waals surface area contributed by atoms with Gasteiger partial charge in [0, 0.05) is 12.0 Å². The number of allylic oxidation sites excluding steroid dienone is 1. The second-order valence-corrected chi connectivity index (χ2v) is 3.28. The molecule has 0 saturated carbocycles. The third-order valence-electron chi connectivity index (χ3n) is 1.92. The number of ether oxygens (including phenoxy) is 1. The predicted molar refractivity (Wildman–Crippen MR) is 65.1 cm³/mol. The van der Waals surface area contributed by atoms with Crippen molar-refractivity contribution in [3.63, 3.8) is 0 Å². The first-order valence-electron chi connectivity index (χ1n) is 5.08. The van der Waals surface area contributed by atoms with E-state index in [2.05, 4.69) is 5.92 Å². The highest BCUT2D eigenvalue weighted by Gasteiger charge is 1.98. The predicted octanol–water partition coefficient (Wildman–Crippen LogP) is 2.69. The Morgan fingerprint density at radius 1 is 1.50 bits per heavy atom. The van der Waals surface area contributed by atoms with Crippen LogP contribution in [0.25, 0.3) is 6.08 Å². The first kappa shape index (κ1) is 12.1. The van der Waals surface area contributed by atoms with Gasteiger partial charge < -0.3 is 4.74 Å². The van der Waals surface area contributed by atoms with Crippen molar-refractivity contribution in [1.82, 2.24) is 0 Å². The molecule has 0 fully saturated rings. The molecule has 0 bridgehead atoms. The number of ketones is 1. The van der Waals surface area contributed by atoms with Gasteiger partial charge in [-0.2, -0.15) is 0 Å². The van der Waals surface area contributed by atoms with Crippen molar-refractivity contribution in [2.75, 3.05) is 6.61 Å². The van der Waals surface area contributed by atoms with E-state index in [1.54, 1.807) is 6.08 Å². The molecule has 0 spiro atoms. The molecule has 1 aromatic rings. The molecule has 0 N–H and O–H groups in total. The number of hydrogen-bond donors (Lipinski definition) is 0. The smallest absolute Gasteiger partial charge is 0.152 e. The highest BCUT2D eigenvalue weighted by Crippen LogP contribution is 2.19. The summed E-state index contributed by atoms with van der Waals surface area (Å²) in [7, 11) is 0. The van der Waals surface area contributed by atoms with Crippen molar-refractivity contribution in [1.29, 1.82) is 0 Å². The zero-order chi connectivity index (χ0) is 11.8. The Bertz CT molecular complexity index is 425. The molecule has 16 heavy (non-hydrogen) atoms. The Morgan fingerprint density at radius 2 is 2.25 bits per heavy atom. The lowest BCUT2D eigenvalue weighted by Gasteiger charge is -2.07. The molecule has 0 unspecified atom stereocenters. The van der Waals surface area contributed by atoms with Crippen LogP contribution in [0.4, 0.5) is 0 Å². The van der Waals surface area contributed by atoms with Gasteiger partial charge in [-0.15, -0.1) is 12.3 Å². The first-order valence-corrected chi connectivity index (χ1v) is 5.08. The minimum Gasteiger partial charge on any atom is -0.492 e. The van der Waals surface area contributed by atoms with Crippen LogP contribution in [-0.4, -0.2) is 12.4 Å². The van der Waals surface area contributed by atoms with Crippen LogP contribution in [0.15, 0.2) is 30.3 Å². The van der Waals surface area contributed by atoms with E-state index in [1.165, 1.54) is 13.0 Å². The van der Waals surface area contributed by atoms with Crippen molar-refractivity contribution in [2.24, 2.45) is 0 Å². The van der Waals surface area contributed by atoms with E-state index in [0.717, 1.165) is 11.3 Å². The largest absolute Gasteiger partial charge is 0.492 e. The molecule has 0 atom stereocenters. The Hall–Kier alpha value is -2.01. The van der Waals surface area contributed by atoms with Gasteiger partial charge in [0.1, 0.15) is 5.75 Å². The van der Waals surface area contributed by atoms with Crippen LogP contribution < -0.4 is 4.74 Å². The van der Waals surface area contributed by atoms with Crippen LogP contribution in [0.2, 0.25) is 0 Å². The van der Waals surface area contributed by atoms with E-state index in [-0.39, 0.29) is 5.78 Å². The molecule has 0 aliphatic heterocycles. The zero-order valence-corrected chi connectivity index (χ0v) is 9.27. The summed E-state index contributed by atoms with van der Waals surface area (Å²) in [6.07, 6.45) is 8.98. The molecule has 1 rings (SSSR count). The average molecular weight is 214 g/mol. The lowest BCUT2D eigenvalue weighted by Crippen LogP contribution is -1.97. The fourth-order valence-corrected chi connectivity index (χ4v) is 1.18. The summed E-state index contributed by atoms with van der Waals surface area (Å²) in [6.45, 7) is 2.00. The molecule has 0 aliphatic rings. The minimum atomic E-state index is 0.0124. The first-order chi connectivity index (χ1) is 7.74. The lowest BCUT2D eigenvalue weighted by molar-refractivity contribution is -0.112. The molecular weight excluding hydrogens is 200 g/mol. The van der Waals surface area contributed by atoms with E-state index < -0.39 is 0 Å². The van der Waals surface area contributed by atoms with Gasteiger partial charge in [-0.25, -0.2) is 0 Å². The van der Waals surface area contributed by atoms with Gasteiger partial charge in [0.05, 0.1) is 6.61 Å². The Labute approximate surface area is 95.9 Å². The standard InChI is InChI=1S/C14H14O2/c1-3-4-11-16-14-8-6-5-7-13(14)10-9-12(2)15/h1,5-10H,4,11H2,2H3/b10-9+. The second-order valence-electron chi connectivity index (χ2n) is 3.28. The summed E-state index contributed by atoms with van der Waals surface area (Å²) in [4.78, 5) is 10.8. The maximum Gasteiger partial charge on any atom is 0.152 e. The average Bonchev–Trinajstić information content (AvgIpc) is 2.28. The molecule has 1 aromatic carbocycles. The molecule has 2 heteroatoms. The lowest BCUT2D eigenvalue weighted by atomic mass is 10.2. The maximum absolute atomic E-state index is 10.8. The van der Waals surface area contributed by atoms with Gasteiger partial charge in [-0.05, 0) is 25.1 Å². The molecule has 82 valence electrons. The molecule has 2 nitrogen and oxygen atoms in total. The summed E-state index contributed by atoms with van der Waals surface area (Å²) < 4.78 is 5.50. The topological polar surface area (TPSA) is 26.3 Å². The van der Waals surface area contributed by atoms with Crippen LogP contribution in [0.3, 0.4) is 0 Å². The summed E-state index contributed by atoms with van der Waals surface area (Å²) in [5, 5.41) is 0. The second kappa shape index (κ2) is 6.47. The third-order valence-corrected chi connectivity index (χ3v) is 1.92. The number of benzene rings is 1.